The first-order valence-electron chi connectivity index (χ1n) is 8.74. The van der Waals surface area contributed by atoms with Gasteiger partial charge in [-0.25, -0.2) is 18.6 Å². The fraction of sp³-hybridized carbons (Fsp3) is 0.368. The minimum atomic E-state index is -0.670. The molecule has 144 valence electrons. The summed E-state index contributed by atoms with van der Waals surface area (Å²) in [5.74, 6) is -0.486. The average molecular weight is 376 g/mol. The van der Waals surface area contributed by atoms with Gasteiger partial charge in [-0.3, -0.25) is 0 Å². The highest BCUT2D eigenvalue weighted by Crippen LogP contribution is 2.18. The van der Waals surface area contributed by atoms with Crippen LogP contribution in [-0.2, 0) is 17.8 Å². The lowest BCUT2D eigenvalue weighted by molar-refractivity contribution is 0.122. The Kier molecular flexibility index (Phi) is 6.18. The SMILES string of the molecule is CN(Cc1ccc(F)cc1F)C(=O)NCc1cccnc1N1CCOCC1. The number of ether oxygens (including phenoxy) is 1. The van der Waals surface area contributed by atoms with Gasteiger partial charge in [0, 0.05) is 56.6 Å². The Bertz CT molecular complexity index is 797. The van der Waals surface area contributed by atoms with Gasteiger partial charge in [0.05, 0.1) is 13.2 Å². The molecule has 0 radical (unpaired) electrons. The Labute approximate surface area is 156 Å². The van der Waals surface area contributed by atoms with Crippen molar-refractivity contribution in [1.29, 1.82) is 0 Å². The predicted octanol–water partition coefficient (Wildman–Crippen LogP) is 2.54. The number of hydrogen-bond donors (Lipinski definition) is 1. The normalized spacial score (nSPS) is 14.1. The number of morpholine rings is 1. The van der Waals surface area contributed by atoms with Gasteiger partial charge >= 0.3 is 6.03 Å². The Morgan fingerprint density at radius 3 is 2.78 bits per heavy atom. The average Bonchev–Trinajstić information content (AvgIpc) is 2.69. The number of urea groups is 1. The first-order valence-corrected chi connectivity index (χ1v) is 8.74. The largest absolute Gasteiger partial charge is 0.378 e. The second-order valence-electron chi connectivity index (χ2n) is 6.34. The van der Waals surface area contributed by atoms with Gasteiger partial charge in [0.25, 0.3) is 0 Å². The molecule has 3 rings (SSSR count). The number of pyridine rings is 1. The van der Waals surface area contributed by atoms with Crippen LogP contribution in [0.3, 0.4) is 0 Å². The molecule has 0 unspecified atom stereocenters. The van der Waals surface area contributed by atoms with Crippen LogP contribution >= 0.6 is 0 Å². The summed E-state index contributed by atoms with van der Waals surface area (Å²) in [6, 6.07) is 6.71. The highest BCUT2D eigenvalue weighted by molar-refractivity contribution is 5.74. The molecule has 6 nitrogen and oxygen atoms in total. The summed E-state index contributed by atoms with van der Waals surface area (Å²) in [6.07, 6.45) is 1.72. The first kappa shape index (κ1) is 19.0. The van der Waals surface area contributed by atoms with Crippen LogP contribution in [0.2, 0.25) is 0 Å². The fourth-order valence-electron chi connectivity index (χ4n) is 2.91. The van der Waals surface area contributed by atoms with Crippen molar-refractivity contribution in [3.8, 4) is 0 Å². The fourth-order valence-corrected chi connectivity index (χ4v) is 2.91. The Balaban J connectivity index is 1.60. The maximum atomic E-state index is 13.8. The maximum absolute atomic E-state index is 13.8. The molecule has 0 aliphatic carbocycles. The van der Waals surface area contributed by atoms with Crippen LogP contribution < -0.4 is 10.2 Å². The summed E-state index contributed by atoms with van der Waals surface area (Å²) < 4.78 is 32.1. The smallest absolute Gasteiger partial charge is 0.317 e. The molecule has 0 atom stereocenters. The number of nitrogens with one attached hydrogen (secondary N) is 1. The quantitative estimate of drug-likeness (QED) is 0.871. The molecule has 1 saturated heterocycles. The van der Waals surface area contributed by atoms with Crippen LogP contribution in [0.5, 0.6) is 0 Å². The van der Waals surface area contributed by atoms with Gasteiger partial charge in [-0.15, -0.1) is 0 Å². The number of nitrogens with zero attached hydrogens (tertiary/aromatic N) is 3. The Hall–Kier alpha value is -2.74. The van der Waals surface area contributed by atoms with Crippen molar-refractivity contribution in [2.24, 2.45) is 0 Å². The van der Waals surface area contributed by atoms with E-state index < -0.39 is 11.6 Å². The first-order chi connectivity index (χ1) is 13.0. The van der Waals surface area contributed by atoms with E-state index in [1.807, 2.05) is 12.1 Å². The Morgan fingerprint density at radius 2 is 2.04 bits per heavy atom. The van der Waals surface area contributed by atoms with Crippen LogP contribution in [0.15, 0.2) is 36.5 Å². The molecule has 1 N–H and O–H groups in total. The van der Waals surface area contributed by atoms with Crippen LogP contribution in [0.1, 0.15) is 11.1 Å². The summed E-state index contributed by atoms with van der Waals surface area (Å²) in [7, 11) is 1.56. The molecule has 0 spiro atoms. The second-order valence-corrected chi connectivity index (χ2v) is 6.34. The summed E-state index contributed by atoms with van der Waals surface area (Å²) >= 11 is 0. The lowest BCUT2D eigenvalue weighted by atomic mass is 10.2. The van der Waals surface area contributed by atoms with Gasteiger partial charge in [0.1, 0.15) is 17.5 Å². The minimum Gasteiger partial charge on any atom is -0.378 e. The van der Waals surface area contributed by atoms with Crippen molar-refractivity contribution in [2.75, 3.05) is 38.3 Å². The number of anilines is 1. The number of amides is 2. The van der Waals surface area contributed by atoms with Gasteiger partial charge in [-0.05, 0) is 12.1 Å². The highest BCUT2D eigenvalue weighted by atomic mass is 19.1. The number of rotatable bonds is 5. The molecule has 0 bridgehead atoms. The minimum absolute atomic E-state index is 0.0430. The van der Waals surface area contributed by atoms with E-state index in [2.05, 4.69) is 15.2 Å². The molecule has 27 heavy (non-hydrogen) atoms. The molecular weight excluding hydrogens is 354 g/mol. The van der Waals surface area contributed by atoms with E-state index in [4.69, 9.17) is 4.74 Å². The molecular formula is C19H22F2N4O2. The number of carbonyl (C=O) groups excluding carboxylic acids is 1. The lowest BCUT2D eigenvalue weighted by Crippen LogP contribution is -2.39. The van der Waals surface area contributed by atoms with Gasteiger partial charge in [0.15, 0.2) is 0 Å². The van der Waals surface area contributed by atoms with Crippen LogP contribution in [0.25, 0.3) is 0 Å². The van der Waals surface area contributed by atoms with Crippen molar-refractivity contribution in [3.05, 3.63) is 59.3 Å². The predicted molar refractivity (Wildman–Crippen MR) is 97.3 cm³/mol. The molecule has 1 aliphatic heterocycles. The molecule has 1 aliphatic rings. The van der Waals surface area contributed by atoms with Crippen molar-refractivity contribution < 1.29 is 18.3 Å². The third-order valence-corrected chi connectivity index (χ3v) is 4.38. The molecule has 1 aromatic heterocycles. The maximum Gasteiger partial charge on any atom is 0.317 e. The highest BCUT2D eigenvalue weighted by Gasteiger charge is 2.17. The zero-order valence-corrected chi connectivity index (χ0v) is 15.1. The van der Waals surface area contributed by atoms with Crippen molar-refractivity contribution >= 4 is 11.8 Å². The van der Waals surface area contributed by atoms with Gasteiger partial charge in [-0.1, -0.05) is 12.1 Å². The van der Waals surface area contributed by atoms with E-state index in [1.165, 1.54) is 17.0 Å². The van der Waals surface area contributed by atoms with Crippen molar-refractivity contribution in [1.82, 2.24) is 15.2 Å². The number of benzene rings is 1. The van der Waals surface area contributed by atoms with E-state index in [9.17, 15) is 13.6 Å². The second kappa shape index (κ2) is 8.77. The van der Waals surface area contributed by atoms with Gasteiger partial charge < -0.3 is 19.9 Å². The van der Waals surface area contributed by atoms with E-state index in [1.54, 1.807) is 13.2 Å². The molecule has 1 aromatic carbocycles. The standard InChI is InChI=1S/C19H22F2N4O2/c1-24(13-15-4-5-16(20)11-17(15)21)19(26)23-12-14-3-2-6-22-18(14)25-7-9-27-10-8-25/h2-6,11H,7-10,12-13H2,1H3,(H,23,26). The molecule has 2 amide bonds. The molecule has 8 heteroatoms. The summed E-state index contributed by atoms with van der Waals surface area (Å²) in [5.41, 5.74) is 1.15. The number of aromatic nitrogens is 1. The van der Waals surface area contributed by atoms with Gasteiger partial charge in [0.2, 0.25) is 0 Å². The third kappa shape index (κ3) is 4.91. The third-order valence-electron chi connectivity index (χ3n) is 4.38. The number of carbonyl (C=O) groups is 1. The monoisotopic (exact) mass is 376 g/mol. The molecule has 2 heterocycles. The molecule has 0 saturated carbocycles. The van der Waals surface area contributed by atoms with Crippen molar-refractivity contribution in [2.45, 2.75) is 13.1 Å². The number of hydrogen-bond acceptors (Lipinski definition) is 4. The van der Waals surface area contributed by atoms with Crippen LogP contribution in [-0.4, -0.2) is 49.3 Å². The summed E-state index contributed by atoms with van der Waals surface area (Å²) in [5, 5.41) is 2.82. The number of halogens is 2. The molecule has 1 fully saturated rings. The lowest BCUT2D eigenvalue weighted by Gasteiger charge is -2.29. The van der Waals surface area contributed by atoms with E-state index >= 15 is 0 Å². The molecule has 2 aromatic rings. The summed E-state index contributed by atoms with van der Waals surface area (Å²) in [4.78, 5) is 20.3. The van der Waals surface area contributed by atoms with E-state index in [0.717, 1.165) is 30.5 Å². The zero-order valence-electron chi connectivity index (χ0n) is 15.1. The van der Waals surface area contributed by atoms with E-state index in [0.29, 0.717) is 19.8 Å². The van der Waals surface area contributed by atoms with Gasteiger partial charge in [-0.2, -0.15) is 0 Å². The van der Waals surface area contributed by atoms with Crippen LogP contribution in [0, 0.1) is 11.6 Å². The van der Waals surface area contributed by atoms with Crippen molar-refractivity contribution in [3.63, 3.8) is 0 Å². The zero-order chi connectivity index (χ0) is 19.2. The Morgan fingerprint density at radius 1 is 1.26 bits per heavy atom. The van der Waals surface area contributed by atoms with Crippen LogP contribution in [0.4, 0.5) is 19.4 Å². The topological polar surface area (TPSA) is 57.7 Å². The summed E-state index contributed by atoms with van der Waals surface area (Å²) in [6.45, 7) is 3.14. The van der Waals surface area contributed by atoms with E-state index in [-0.39, 0.29) is 18.1 Å².